The van der Waals surface area contributed by atoms with Crippen LogP contribution in [0.25, 0.3) is 0 Å². The van der Waals surface area contributed by atoms with Crippen molar-refractivity contribution in [3.63, 3.8) is 0 Å². The molecule has 1 aromatic carbocycles. The monoisotopic (exact) mass is 382 g/mol. The Kier molecular flexibility index (Phi) is 5.34. The smallest absolute Gasteiger partial charge is 0.198 e. The Hall–Kier alpha value is -2.80. The predicted octanol–water partition coefficient (Wildman–Crippen LogP) is 1.81. The number of halogens is 1. The lowest BCUT2D eigenvalue weighted by Crippen LogP contribution is -2.59. The van der Waals surface area contributed by atoms with Crippen molar-refractivity contribution in [1.82, 2.24) is 14.8 Å². The Balaban J connectivity index is 1.51. The molecule has 146 valence electrons. The predicted molar refractivity (Wildman–Crippen MR) is 103 cm³/mol. The van der Waals surface area contributed by atoms with Crippen LogP contribution in [0.5, 0.6) is 0 Å². The van der Waals surface area contributed by atoms with Crippen molar-refractivity contribution in [2.45, 2.75) is 25.0 Å². The second-order valence-electron chi connectivity index (χ2n) is 7.25. The number of ketones is 1. The summed E-state index contributed by atoms with van der Waals surface area (Å²) in [6.45, 7) is 1.73. The van der Waals surface area contributed by atoms with Gasteiger partial charge in [0.15, 0.2) is 11.7 Å². The van der Waals surface area contributed by atoms with Gasteiger partial charge in [-0.05, 0) is 42.2 Å². The SMILES string of the molecule is O=C1CN2CC(O)CN(CCCc3ccccc3F)C2=NC1c1ccncc1. The number of β-amino-alcohol motifs (C(OH)–C–C–N with tert-alkyl or cyclic N) is 1. The summed E-state index contributed by atoms with van der Waals surface area (Å²) < 4.78 is 13.8. The van der Waals surface area contributed by atoms with Crippen LogP contribution in [0.4, 0.5) is 4.39 Å². The summed E-state index contributed by atoms with van der Waals surface area (Å²) in [6.07, 6.45) is 4.11. The summed E-state index contributed by atoms with van der Waals surface area (Å²) >= 11 is 0. The van der Waals surface area contributed by atoms with Crippen LogP contribution in [-0.2, 0) is 11.2 Å². The first-order valence-corrected chi connectivity index (χ1v) is 9.53. The molecule has 0 saturated carbocycles. The molecule has 4 rings (SSSR count). The van der Waals surface area contributed by atoms with Crippen LogP contribution in [0.2, 0.25) is 0 Å². The Labute approximate surface area is 163 Å². The van der Waals surface area contributed by atoms with Crippen LogP contribution in [0.15, 0.2) is 53.8 Å². The average Bonchev–Trinajstić information content (AvgIpc) is 2.69. The van der Waals surface area contributed by atoms with E-state index < -0.39 is 12.1 Å². The number of Topliss-reactive ketones (excluding diaryl/α,β-unsaturated/α-hetero) is 1. The number of carbonyl (C=O) groups excluding carboxylic acids is 1. The van der Waals surface area contributed by atoms with Crippen molar-refractivity contribution in [3.8, 4) is 0 Å². The van der Waals surface area contributed by atoms with Gasteiger partial charge in [0.1, 0.15) is 11.9 Å². The third-order valence-corrected chi connectivity index (χ3v) is 5.18. The molecule has 1 saturated heterocycles. The molecule has 2 atom stereocenters. The van der Waals surface area contributed by atoms with Crippen LogP contribution in [0.3, 0.4) is 0 Å². The second kappa shape index (κ2) is 8.06. The van der Waals surface area contributed by atoms with Crippen molar-refractivity contribution in [3.05, 3.63) is 65.7 Å². The molecule has 2 aromatic rings. The first-order chi connectivity index (χ1) is 13.6. The molecule has 2 aliphatic rings. The van der Waals surface area contributed by atoms with E-state index in [0.29, 0.717) is 31.6 Å². The van der Waals surface area contributed by atoms with Gasteiger partial charge in [0.2, 0.25) is 0 Å². The van der Waals surface area contributed by atoms with E-state index in [1.807, 2.05) is 28.0 Å². The van der Waals surface area contributed by atoms with Gasteiger partial charge in [0, 0.05) is 32.0 Å². The number of fused-ring (bicyclic) bond motifs is 1. The number of nitrogens with zero attached hydrogens (tertiary/aromatic N) is 4. The number of aliphatic hydroxyl groups excluding tert-OH is 1. The van der Waals surface area contributed by atoms with Crippen LogP contribution in [0.1, 0.15) is 23.6 Å². The number of aliphatic imine (C=N–C) groups is 1. The maximum absolute atomic E-state index is 13.8. The summed E-state index contributed by atoms with van der Waals surface area (Å²) in [4.78, 5) is 25.2. The van der Waals surface area contributed by atoms with Gasteiger partial charge in [-0.25, -0.2) is 9.38 Å². The van der Waals surface area contributed by atoms with E-state index in [1.54, 1.807) is 24.5 Å². The van der Waals surface area contributed by atoms with Gasteiger partial charge >= 0.3 is 0 Å². The van der Waals surface area contributed by atoms with Crippen molar-refractivity contribution in [2.75, 3.05) is 26.2 Å². The summed E-state index contributed by atoms with van der Waals surface area (Å²) in [5.74, 6) is 0.553. The molecule has 28 heavy (non-hydrogen) atoms. The van der Waals surface area contributed by atoms with Gasteiger partial charge in [0.25, 0.3) is 0 Å². The van der Waals surface area contributed by atoms with E-state index in [0.717, 1.165) is 17.9 Å². The minimum atomic E-state index is -0.544. The highest BCUT2D eigenvalue weighted by molar-refractivity contribution is 5.97. The van der Waals surface area contributed by atoms with Crippen LogP contribution in [-0.4, -0.2) is 63.9 Å². The molecule has 0 radical (unpaired) electrons. The first kappa shape index (κ1) is 18.6. The lowest BCUT2D eigenvalue weighted by Gasteiger charge is -2.44. The highest BCUT2D eigenvalue weighted by Crippen LogP contribution is 2.26. The molecular weight excluding hydrogens is 359 g/mol. The number of aromatic nitrogens is 1. The van der Waals surface area contributed by atoms with E-state index in [2.05, 4.69) is 4.98 Å². The highest BCUT2D eigenvalue weighted by Gasteiger charge is 2.36. The molecule has 1 fully saturated rings. The molecular formula is C21H23FN4O2. The third kappa shape index (κ3) is 3.89. The van der Waals surface area contributed by atoms with Gasteiger partial charge in [-0.2, -0.15) is 0 Å². The Bertz CT molecular complexity index is 874. The number of guanidine groups is 1. The topological polar surface area (TPSA) is 69.0 Å². The van der Waals surface area contributed by atoms with Gasteiger partial charge in [-0.1, -0.05) is 18.2 Å². The molecule has 2 unspecified atom stereocenters. The quantitative estimate of drug-likeness (QED) is 0.854. The largest absolute Gasteiger partial charge is 0.389 e. The van der Waals surface area contributed by atoms with E-state index in [4.69, 9.17) is 4.99 Å². The third-order valence-electron chi connectivity index (χ3n) is 5.18. The number of carbonyl (C=O) groups is 1. The van der Waals surface area contributed by atoms with Crippen LogP contribution >= 0.6 is 0 Å². The molecule has 7 heteroatoms. The van der Waals surface area contributed by atoms with Crippen molar-refractivity contribution in [2.24, 2.45) is 4.99 Å². The number of rotatable bonds is 5. The standard InChI is InChI=1S/C21H23FN4O2/c22-18-6-2-1-4-15(18)5-3-11-25-12-17(27)13-26-14-19(28)20(24-21(25)26)16-7-9-23-10-8-16/h1-2,4,6-10,17,20,27H,3,5,11-14H2. The Morgan fingerprint density at radius 1 is 1.14 bits per heavy atom. The lowest BCUT2D eigenvalue weighted by atomic mass is 10.0. The summed E-state index contributed by atoms with van der Waals surface area (Å²) in [5, 5.41) is 10.2. The van der Waals surface area contributed by atoms with Crippen molar-refractivity contribution in [1.29, 1.82) is 0 Å². The number of aryl methyl sites for hydroxylation is 1. The molecule has 6 nitrogen and oxygen atoms in total. The minimum absolute atomic E-state index is 0.00959. The summed E-state index contributed by atoms with van der Waals surface area (Å²) in [6, 6.07) is 9.86. The fourth-order valence-corrected chi connectivity index (χ4v) is 3.85. The molecule has 3 heterocycles. The number of hydrogen-bond acceptors (Lipinski definition) is 6. The molecule has 1 N–H and O–H groups in total. The first-order valence-electron chi connectivity index (χ1n) is 9.53. The molecule has 1 aromatic heterocycles. The van der Waals surface area contributed by atoms with Crippen molar-refractivity contribution < 1.29 is 14.3 Å². The van der Waals surface area contributed by atoms with E-state index >= 15 is 0 Å². The molecule has 2 aliphatic heterocycles. The molecule has 0 bridgehead atoms. The van der Waals surface area contributed by atoms with E-state index in [-0.39, 0.29) is 18.1 Å². The number of pyridine rings is 1. The molecule has 0 aliphatic carbocycles. The van der Waals surface area contributed by atoms with Gasteiger partial charge < -0.3 is 14.9 Å². The maximum atomic E-state index is 13.8. The zero-order valence-corrected chi connectivity index (χ0v) is 15.5. The highest BCUT2D eigenvalue weighted by atomic mass is 19.1. The second-order valence-corrected chi connectivity index (χ2v) is 7.25. The number of hydrogen-bond donors (Lipinski definition) is 1. The van der Waals surface area contributed by atoms with Crippen LogP contribution < -0.4 is 0 Å². The Morgan fingerprint density at radius 2 is 1.93 bits per heavy atom. The fraction of sp³-hybridized carbons (Fsp3) is 0.381. The van der Waals surface area contributed by atoms with E-state index in [1.165, 1.54) is 6.07 Å². The average molecular weight is 382 g/mol. The number of benzene rings is 1. The van der Waals surface area contributed by atoms with E-state index in [9.17, 15) is 14.3 Å². The molecule has 0 amide bonds. The molecule has 0 spiro atoms. The fourth-order valence-electron chi connectivity index (χ4n) is 3.85. The lowest BCUT2D eigenvalue weighted by molar-refractivity contribution is -0.122. The zero-order chi connectivity index (χ0) is 19.5. The normalized spacial score (nSPS) is 22.1. The van der Waals surface area contributed by atoms with Gasteiger partial charge in [-0.15, -0.1) is 0 Å². The van der Waals surface area contributed by atoms with Crippen molar-refractivity contribution >= 4 is 11.7 Å². The maximum Gasteiger partial charge on any atom is 0.198 e. The van der Waals surface area contributed by atoms with Gasteiger partial charge in [0.05, 0.1) is 12.6 Å². The summed E-state index contributed by atoms with van der Waals surface area (Å²) in [5.41, 5.74) is 1.51. The van der Waals surface area contributed by atoms with Gasteiger partial charge in [-0.3, -0.25) is 9.78 Å². The zero-order valence-electron chi connectivity index (χ0n) is 15.5. The minimum Gasteiger partial charge on any atom is -0.389 e. The number of aliphatic hydroxyl groups is 1. The summed E-state index contributed by atoms with van der Waals surface area (Å²) in [7, 11) is 0. The van der Waals surface area contributed by atoms with Crippen LogP contribution in [0, 0.1) is 5.82 Å². The Morgan fingerprint density at radius 3 is 2.71 bits per heavy atom.